The van der Waals surface area contributed by atoms with Gasteiger partial charge in [-0.15, -0.1) is 0 Å². The molecule has 1 atom stereocenters. The van der Waals surface area contributed by atoms with Gasteiger partial charge >= 0.3 is 0 Å². The lowest BCUT2D eigenvalue weighted by Crippen LogP contribution is -2.20. The summed E-state index contributed by atoms with van der Waals surface area (Å²) in [4.78, 5) is 10.7. The summed E-state index contributed by atoms with van der Waals surface area (Å²) in [6, 6.07) is 18.6. The number of carbonyl (C=O) groups is 1. The van der Waals surface area contributed by atoms with Gasteiger partial charge in [-0.05, 0) is 49.6 Å². The van der Waals surface area contributed by atoms with E-state index < -0.39 is 0 Å². The largest absolute Gasteiger partial charge is 0.489 e. The number of rotatable bonds is 10. The maximum atomic E-state index is 10.7. The smallest absolute Gasteiger partial charge is 0.217 e. The molecule has 1 amide bonds. The summed E-state index contributed by atoms with van der Waals surface area (Å²) < 4.78 is 5.80. The number of nitrogens with one attached hydrogen (secondary N) is 1. The van der Waals surface area contributed by atoms with Crippen LogP contribution in [0.15, 0.2) is 54.6 Å². The molecular weight excluding hydrogens is 300 g/mol. The minimum atomic E-state index is -0.228. The van der Waals surface area contributed by atoms with E-state index in [0.717, 1.165) is 30.7 Å². The average molecular weight is 326 g/mol. The van der Waals surface area contributed by atoms with Crippen LogP contribution in [-0.4, -0.2) is 12.5 Å². The molecule has 0 heterocycles. The molecule has 2 rings (SSSR count). The van der Waals surface area contributed by atoms with Crippen molar-refractivity contribution in [3.05, 3.63) is 65.7 Å². The number of benzene rings is 2. The summed E-state index contributed by atoms with van der Waals surface area (Å²) in [5.41, 5.74) is 7.51. The van der Waals surface area contributed by atoms with Crippen LogP contribution in [0.25, 0.3) is 0 Å². The Morgan fingerprint density at radius 1 is 1.08 bits per heavy atom. The third-order valence-electron chi connectivity index (χ3n) is 3.93. The molecular formula is C20H26N2O2. The highest BCUT2D eigenvalue weighted by Crippen LogP contribution is 2.18. The van der Waals surface area contributed by atoms with Crippen molar-refractivity contribution in [2.24, 2.45) is 5.73 Å². The summed E-state index contributed by atoms with van der Waals surface area (Å²) in [6.45, 7) is 3.59. The van der Waals surface area contributed by atoms with Gasteiger partial charge in [-0.25, -0.2) is 0 Å². The zero-order chi connectivity index (χ0) is 17.2. The molecule has 1 unspecified atom stereocenters. The number of amides is 1. The Balaban J connectivity index is 1.73. The molecule has 0 aromatic heterocycles. The van der Waals surface area contributed by atoms with E-state index in [1.807, 2.05) is 30.3 Å². The Morgan fingerprint density at radius 3 is 2.46 bits per heavy atom. The second kappa shape index (κ2) is 9.73. The van der Waals surface area contributed by atoms with E-state index in [1.165, 1.54) is 5.56 Å². The quantitative estimate of drug-likeness (QED) is 0.656. The van der Waals surface area contributed by atoms with Gasteiger partial charge in [0.1, 0.15) is 12.4 Å². The first-order chi connectivity index (χ1) is 11.6. The Kier molecular flexibility index (Phi) is 7.30. The molecule has 24 heavy (non-hydrogen) atoms. The molecule has 2 aromatic rings. The predicted molar refractivity (Wildman–Crippen MR) is 96.7 cm³/mol. The van der Waals surface area contributed by atoms with Crippen molar-refractivity contribution in [3.8, 4) is 5.75 Å². The first-order valence-corrected chi connectivity index (χ1v) is 8.43. The van der Waals surface area contributed by atoms with Crippen molar-refractivity contribution in [2.45, 2.75) is 38.8 Å². The van der Waals surface area contributed by atoms with Crippen LogP contribution < -0.4 is 15.8 Å². The monoisotopic (exact) mass is 326 g/mol. The van der Waals surface area contributed by atoms with Crippen LogP contribution in [0, 0.1) is 0 Å². The number of hydrogen-bond donors (Lipinski definition) is 2. The summed E-state index contributed by atoms with van der Waals surface area (Å²) in [7, 11) is 0. The highest BCUT2D eigenvalue weighted by atomic mass is 16.5. The van der Waals surface area contributed by atoms with Gasteiger partial charge in [0.05, 0.1) is 0 Å². The Labute approximate surface area is 144 Å². The molecule has 4 nitrogen and oxygen atoms in total. The first kappa shape index (κ1) is 18.0. The van der Waals surface area contributed by atoms with Crippen molar-refractivity contribution >= 4 is 5.91 Å². The molecule has 4 heteroatoms. The predicted octanol–water partition coefficient (Wildman–Crippen LogP) is 3.57. The van der Waals surface area contributed by atoms with Gasteiger partial charge in [0.2, 0.25) is 5.91 Å². The van der Waals surface area contributed by atoms with Gasteiger partial charge in [-0.3, -0.25) is 4.79 Å². The molecule has 0 saturated carbocycles. The Morgan fingerprint density at radius 2 is 1.79 bits per heavy atom. The molecule has 0 bridgehead atoms. The maximum absolute atomic E-state index is 10.7. The minimum Gasteiger partial charge on any atom is -0.489 e. The summed E-state index contributed by atoms with van der Waals surface area (Å²) >= 11 is 0. The zero-order valence-corrected chi connectivity index (χ0v) is 14.2. The molecule has 0 fully saturated rings. The molecule has 0 spiro atoms. The highest BCUT2D eigenvalue weighted by molar-refractivity contribution is 5.73. The third kappa shape index (κ3) is 6.42. The second-order valence-corrected chi connectivity index (χ2v) is 5.94. The molecule has 0 aliphatic carbocycles. The topological polar surface area (TPSA) is 64.3 Å². The standard InChI is InChI=1S/C20H26N2O2/c1-16(22-14-6-5-9-20(21)23)18-10-12-19(13-11-18)24-15-17-7-3-2-4-8-17/h2-4,7-8,10-13,16,22H,5-6,9,14-15H2,1H3,(H2,21,23). The summed E-state index contributed by atoms with van der Waals surface area (Å²) in [5.74, 6) is 0.644. The van der Waals surface area contributed by atoms with Gasteiger partial charge in [0.25, 0.3) is 0 Å². The number of ether oxygens (including phenoxy) is 1. The first-order valence-electron chi connectivity index (χ1n) is 8.43. The van der Waals surface area contributed by atoms with Gasteiger partial charge < -0.3 is 15.8 Å². The number of nitrogens with two attached hydrogens (primary N) is 1. The fraction of sp³-hybridized carbons (Fsp3) is 0.350. The van der Waals surface area contributed by atoms with E-state index in [-0.39, 0.29) is 11.9 Å². The molecule has 0 aliphatic heterocycles. The maximum Gasteiger partial charge on any atom is 0.217 e. The molecule has 3 N–H and O–H groups in total. The van der Waals surface area contributed by atoms with Crippen LogP contribution in [0.4, 0.5) is 0 Å². The van der Waals surface area contributed by atoms with Crippen molar-refractivity contribution < 1.29 is 9.53 Å². The minimum absolute atomic E-state index is 0.228. The normalized spacial score (nSPS) is 11.9. The second-order valence-electron chi connectivity index (χ2n) is 5.94. The molecule has 0 saturated heterocycles. The van der Waals surface area contributed by atoms with Gasteiger partial charge in [-0.2, -0.15) is 0 Å². The van der Waals surface area contributed by atoms with Crippen LogP contribution in [0.5, 0.6) is 5.75 Å². The van der Waals surface area contributed by atoms with Crippen molar-refractivity contribution in [1.29, 1.82) is 0 Å². The van der Waals surface area contributed by atoms with Crippen molar-refractivity contribution in [2.75, 3.05) is 6.54 Å². The van der Waals surface area contributed by atoms with Crippen LogP contribution in [0.2, 0.25) is 0 Å². The molecule has 2 aromatic carbocycles. The van der Waals surface area contributed by atoms with Crippen LogP contribution in [0.3, 0.4) is 0 Å². The van der Waals surface area contributed by atoms with Gasteiger partial charge in [0, 0.05) is 12.5 Å². The molecule has 128 valence electrons. The molecule has 0 radical (unpaired) electrons. The number of carbonyl (C=O) groups excluding carboxylic acids is 1. The van der Waals surface area contributed by atoms with E-state index in [4.69, 9.17) is 10.5 Å². The zero-order valence-electron chi connectivity index (χ0n) is 14.2. The molecule has 0 aliphatic rings. The number of unbranched alkanes of at least 4 members (excludes halogenated alkanes) is 1. The van der Waals surface area contributed by atoms with Crippen LogP contribution in [0.1, 0.15) is 43.4 Å². The van der Waals surface area contributed by atoms with E-state index in [0.29, 0.717) is 13.0 Å². The van der Waals surface area contributed by atoms with Crippen molar-refractivity contribution in [3.63, 3.8) is 0 Å². The lowest BCUT2D eigenvalue weighted by atomic mass is 10.1. The number of hydrogen-bond acceptors (Lipinski definition) is 3. The van der Waals surface area contributed by atoms with E-state index >= 15 is 0 Å². The van der Waals surface area contributed by atoms with E-state index in [1.54, 1.807) is 0 Å². The summed E-state index contributed by atoms with van der Waals surface area (Å²) in [5, 5.41) is 3.46. The fourth-order valence-corrected chi connectivity index (χ4v) is 2.45. The van der Waals surface area contributed by atoms with Crippen molar-refractivity contribution in [1.82, 2.24) is 5.32 Å². The SMILES string of the molecule is CC(NCCCCC(N)=O)c1ccc(OCc2ccccc2)cc1. The Bertz CT molecular complexity index is 611. The Hall–Kier alpha value is -2.33. The van der Waals surface area contributed by atoms with E-state index in [2.05, 4.69) is 36.5 Å². The van der Waals surface area contributed by atoms with Crippen LogP contribution in [-0.2, 0) is 11.4 Å². The highest BCUT2D eigenvalue weighted by Gasteiger charge is 2.05. The van der Waals surface area contributed by atoms with E-state index in [9.17, 15) is 4.79 Å². The number of primary amides is 1. The fourth-order valence-electron chi connectivity index (χ4n) is 2.45. The third-order valence-corrected chi connectivity index (χ3v) is 3.93. The average Bonchev–Trinajstić information content (AvgIpc) is 2.60. The lowest BCUT2D eigenvalue weighted by Gasteiger charge is -2.15. The van der Waals surface area contributed by atoms with Crippen LogP contribution >= 0.6 is 0 Å². The van der Waals surface area contributed by atoms with Gasteiger partial charge in [0.15, 0.2) is 0 Å². The lowest BCUT2D eigenvalue weighted by molar-refractivity contribution is -0.118. The summed E-state index contributed by atoms with van der Waals surface area (Å²) in [6.07, 6.45) is 2.25. The van der Waals surface area contributed by atoms with Gasteiger partial charge in [-0.1, -0.05) is 42.5 Å².